The number of H-pyrrole nitrogens is 1. The average Bonchev–Trinajstić information content (AvgIpc) is 2.89. The van der Waals surface area contributed by atoms with Gasteiger partial charge in [0.1, 0.15) is 0 Å². The predicted octanol–water partition coefficient (Wildman–Crippen LogP) is 0.870. The van der Waals surface area contributed by atoms with Crippen LogP contribution in [-0.4, -0.2) is 39.5 Å². The first kappa shape index (κ1) is 13.4. The Labute approximate surface area is 118 Å². The van der Waals surface area contributed by atoms with Crippen molar-refractivity contribution in [3.8, 4) is 0 Å². The third-order valence-electron chi connectivity index (χ3n) is 4.38. The molecule has 0 bridgehead atoms. The maximum absolute atomic E-state index is 12.0. The molecule has 2 aliphatic rings. The molecule has 6 nitrogen and oxygen atoms in total. The quantitative estimate of drug-likeness (QED) is 0.647. The smallest absolute Gasteiger partial charge is 0.315 e. The zero-order valence-electron chi connectivity index (χ0n) is 11.6. The first-order chi connectivity index (χ1) is 9.70. The van der Waals surface area contributed by atoms with Crippen molar-refractivity contribution in [1.29, 1.82) is 0 Å². The summed E-state index contributed by atoms with van der Waals surface area (Å²) in [6.07, 6.45) is 7.71. The highest BCUT2D eigenvalue weighted by Crippen LogP contribution is 2.20. The lowest BCUT2D eigenvalue weighted by Gasteiger charge is -2.28. The molecule has 4 N–H and O–H groups in total. The number of carbonyl (C=O) groups is 1. The molecule has 1 aromatic rings. The molecule has 3 rings (SSSR count). The Bertz CT molecular complexity index is 465. The van der Waals surface area contributed by atoms with E-state index in [4.69, 9.17) is 0 Å². The van der Waals surface area contributed by atoms with Gasteiger partial charge < -0.3 is 15.7 Å². The summed E-state index contributed by atoms with van der Waals surface area (Å²) < 4.78 is 0. The fraction of sp³-hybridized carbons (Fsp3) is 0.714. The van der Waals surface area contributed by atoms with E-state index in [0.717, 1.165) is 44.9 Å². The monoisotopic (exact) mass is 278 g/mol. The molecule has 1 aromatic heterocycles. The van der Waals surface area contributed by atoms with Crippen LogP contribution in [0.2, 0.25) is 0 Å². The molecule has 0 aliphatic heterocycles. The molecule has 0 saturated heterocycles. The highest BCUT2D eigenvalue weighted by molar-refractivity contribution is 5.74. The second kappa shape index (κ2) is 5.83. The van der Waals surface area contributed by atoms with E-state index < -0.39 is 0 Å². The number of rotatable bonds is 2. The maximum atomic E-state index is 12.0. The second-order valence-corrected chi connectivity index (χ2v) is 5.94. The van der Waals surface area contributed by atoms with Gasteiger partial charge in [0.05, 0.1) is 12.3 Å². The molecule has 1 heterocycles. The Hall–Kier alpha value is -1.56. The molecule has 1 saturated carbocycles. The molecule has 2 amide bonds. The summed E-state index contributed by atoms with van der Waals surface area (Å²) in [5, 5.41) is 22.6. The van der Waals surface area contributed by atoms with Crippen LogP contribution in [0.15, 0.2) is 6.20 Å². The number of aryl methyl sites for hydroxylation is 1. The van der Waals surface area contributed by atoms with Crippen molar-refractivity contribution >= 4 is 6.03 Å². The largest absolute Gasteiger partial charge is 0.393 e. The Morgan fingerprint density at radius 1 is 1.20 bits per heavy atom. The number of fused-ring (bicyclic) bond motifs is 1. The van der Waals surface area contributed by atoms with Crippen LogP contribution in [0.4, 0.5) is 4.79 Å². The van der Waals surface area contributed by atoms with Gasteiger partial charge in [0.2, 0.25) is 0 Å². The van der Waals surface area contributed by atoms with E-state index in [0.29, 0.717) is 0 Å². The van der Waals surface area contributed by atoms with E-state index in [2.05, 4.69) is 20.8 Å². The summed E-state index contributed by atoms with van der Waals surface area (Å²) >= 11 is 0. The molecule has 0 aromatic carbocycles. The molecule has 20 heavy (non-hydrogen) atoms. The van der Waals surface area contributed by atoms with Crippen LogP contribution in [0.1, 0.15) is 43.4 Å². The number of aromatic amines is 1. The number of hydrogen-bond acceptors (Lipinski definition) is 3. The molecular formula is C14H22N4O2. The molecule has 6 heteroatoms. The summed E-state index contributed by atoms with van der Waals surface area (Å²) in [5.74, 6) is 0. The summed E-state index contributed by atoms with van der Waals surface area (Å²) in [6.45, 7) is 0. The Morgan fingerprint density at radius 2 is 1.95 bits per heavy atom. The van der Waals surface area contributed by atoms with Crippen molar-refractivity contribution < 1.29 is 9.90 Å². The van der Waals surface area contributed by atoms with Gasteiger partial charge in [0.15, 0.2) is 0 Å². The molecule has 2 aliphatic carbocycles. The second-order valence-electron chi connectivity index (χ2n) is 5.94. The highest BCUT2D eigenvalue weighted by Gasteiger charge is 2.24. The Balaban J connectivity index is 1.45. The van der Waals surface area contributed by atoms with Crippen molar-refractivity contribution in [3.63, 3.8) is 0 Å². The third-order valence-corrected chi connectivity index (χ3v) is 4.38. The zero-order valence-corrected chi connectivity index (χ0v) is 11.6. The number of urea groups is 1. The van der Waals surface area contributed by atoms with Crippen LogP contribution in [0.5, 0.6) is 0 Å². The topological polar surface area (TPSA) is 90.0 Å². The van der Waals surface area contributed by atoms with E-state index in [1.165, 1.54) is 11.3 Å². The molecular weight excluding hydrogens is 256 g/mol. The standard InChI is InChI=1S/C14H22N4O2/c19-12-4-1-10(2-5-12)16-14(20)17-11-3-6-13-9(7-11)8-15-18-13/h8,10-12,19H,1-7H2,(H,15,18)(H2,16,17,20). The van der Waals surface area contributed by atoms with Gasteiger partial charge in [-0.1, -0.05) is 0 Å². The van der Waals surface area contributed by atoms with E-state index in [1.54, 1.807) is 0 Å². The number of amides is 2. The van der Waals surface area contributed by atoms with Crippen molar-refractivity contribution in [2.24, 2.45) is 0 Å². The van der Waals surface area contributed by atoms with E-state index in [-0.39, 0.29) is 24.2 Å². The van der Waals surface area contributed by atoms with E-state index >= 15 is 0 Å². The highest BCUT2D eigenvalue weighted by atomic mass is 16.3. The Kier molecular flexibility index (Phi) is 3.91. The molecule has 1 fully saturated rings. The maximum Gasteiger partial charge on any atom is 0.315 e. The molecule has 1 atom stereocenters. The minimum Gasteiger partial charge on any atom is -0.393 e. The van der Waals surface area contributed by atoms with E-state index in [9.17, 15) is 9.90 Å². The zero-order chi connectivity index (χ0) is 13.9. The minimum atomic E-state index is -0.186. The van der Waals surface area contributed by atoms with Crippen LogP contribution in [0.25, 0.3) is 0 Å². The Morgan fingerprint density at radius 3 is 2.75 bits per heavy atom. The third kappa shape index (κ3) is 3.12. The van der Waals surface area contributed by atoms with Gasteiger partial charge in [0.25, 0.3) is 0 Å². The first-order valence-corrected chi connectivity index (χ1v) is 7.47. The van der Waals surface area contributed by atoms with Crippen molar-refractivity contribution in [3.05, 3.63) is 17.5 Å². The van der Waals surface area contributed by atoms with Crippen molar-refractivity contribution in [1.82, 2.24) is 20.8 Å². The fourth-order valence-electron chi connectivity index (χ4n) is 3.17. The van der Waals surface area contributed by atoms with E-state index in [1.807, 2.05) is 6.20 Å². The number of nitrogens with one attached hydrogen (secondary N) is 3. The van der Waals surface area contributed by atoms with Crippen LogP contribution >= 0.6 is 0 Å². The molecule has 1 unspecified atom stereocenters. The number of hydrogen-bond donors (Lipinski definition) is 4. The van der Waals surface area contributed by atoms with Gasteiger partial charge in [-0.05, 0) is 50.5 Å². The number of carbonyl (C=O) groups excluding carboxylic acids is 1. The summed E-state index contributed by atoms with van der Waals surface area (Å²) in [5.41, 5.74) is 2.41. The van der Waals surface area contributed by atoms with Gasteiger partial charge in [-0.3, -0.25) is 5.10 Å². The number of aromatic nitrogens is 2. The van der Waals surface area contributed by atoms with Gasteiger partial charge in [-0.25, -0.2) is 4.79 Å². The first-order valence-electron chi connectivity index (χ1n) is 7.47. The van der Waals surface area contributed by atoms with Crippen LogP contribution in [0, 0.1) is 0 Å². The van der Waals surface area contributed by atoms with Crippen LogP contribution in [0.3, 0.4) is 0 Å². The normalized spacial score (nSPS) is 29.6. The fourth-order valence-corrected chi connectivity index (χ4v) is 3.17. The number of aliphatic hydroxyl groups excluding tert-OH is 1. The predicted molar refractivity (Wildman–Crippen MR) is 74.3 cm³/mol. The van der Waals surface area contributed by atoms with Gasteiger partial charge in [0, 0.05) is 17.8 Å². The van der Waals surface area contributed by atoms with Gasteiger partial charge in [-0.15, -0.1) is 0 Å². The number of aliphatic hydroxyl groups is 1. The SMILES string of the molecule is O=C(NC1CCC(O)CC1)NC1CCc2[nH]ncc2C1. The molecule has 0 spiro atoms. The summed E-state index contributed by atoms with van der Waals surface area (Å²) in [6, 6.07) is 0.309. The van der Waals surface area contributed by atoms with Crippen molar-refractivity contribution in [2.75, 3.05) is 0 Å². The lowest BCUT2D eigenvalue weighted by atomic mass is 9.93. The average molecular weight is 278 g/mol. The van der Waals surface area contributed by atoms with Gasteiger partial charge >= 0.3 is 6.03 Å². The van der Waals surface area contributed by atoms with Crippen LogP contribution < -0.4 is 10.6 Å². The van der Waals surface area contributed by atoms with Crippen molar-refractivity contribution in [2.45, 2.75) is 63.1 Å². The molecule has 110 valence electrons. The number of nitrogens with zero attached hydrogens (tertiary/aromatic N) is 1. The lowest BCUT2D eigenvalue weighted by Crippen LogP contribution is -2.48. The van der Waals surface area contributed by atoms with Crippen LogP contribution in [-0.2, 0) is 12.8 Å². The lowest BCUT2D eigenvalue weighted by molar-refractivity contribution is 0.117. The summed E-state index contributed by atoms with van der Waals surface area (Å²) in [7, 11) is 0. The summed E-state index contributed by atoms with van der Waals surface area (Å²) in [4.78, 5) is 12.0. The minimum absolute atomic E-state index is 0.0802. The van der Waals surface area contributed by atoms with Gasteiger partial charge in [-0.2, -0.15) is 5.10 Å². The molecule has 0 radical (unpaired) electrons.